The van der Waals surface area contributed by atoms with E-state index in [0.717, 1.165) is 24.4 Å². The second-order valence-corrected chi connectivity index (χ2v) is 6.60. The van der Waals surface area contributed by atoms with Gasteiger partial charge < -0.3 is 14.5 Å². The van der Waals surface area contributed by atoms with Gasteiger partial charge in [-0.1, -0.05) is 11.6 Å². The molecule has 3 heterocycles. The van der Waals surface area contributed by atoms with Crippen LogP contribution in [0.2, 0.25) is 5.15 Å². The van der Waals surface area contributed by atoms with Crippen LogP contribution in [0.25, 0.3) is 0 Å². The summed E-state index contributed by atoms with van der Waals surface area (Å²) < 4.78 is 9.35. The summed E-state index contributed by atoms with van der Waals surface area (Å²) in [5.41, 5.74) is 0.422. The van der Waals surface area contributed by atoms with Gasteiger partial charge in [-0.25, -0.2) is 0 Å². The minimum Gasteiger partial charge on any atom is -0.378 e. The van der Waals surface area contributed by atoms with Crippen LogP contribution >= 0.6 is 23.1 Å². The number of hydrogen-bond acceptors (Lipinski definition) is 6. The van der Waals surface area contributed by atoms with Crippen molar-refractivity contribution in [2.24, 2.45) is 5.92 Å². The molecule has 2 aliphatic rings. The lowest BCUT2D eigenvalue weighted by Gasteiger charge is -2.36. The predicted octanol–water partition coefficient (Wildman–Crippen LogP) is 1.74. The maximum absolute atomic E-state index is 12.6. The Morgan fingerprint density at radius 1 is 1.41 bits per heavy atom. The van der Waals surface area contributed by atoms with Gasteiger partial charge in [0.05, 0.1) is 19.1 Å². The van der Waals surface area contributed by atoms with E-state index in [4.69, 9.17) is 16.3 Å². The molecular formula is C14H17ClN4O2S. The molecule has 1 amide bonds. The van der Waals surface area contributed by atoms with Crippen molar-refractivity contribution in [1.82, 2.24) is 9.27 Å². The summed E-state index contributed by atoms with van der Waals surface area (Å²) in [5, 5.41) is 10.3. The number of carbonyl (C=O) groups is 1. The third kappa shape index (κ3) is 3.05. The third-order valence-corrected chi connectivity index (χ3v) is 5.41. The summed E-state index contributed by atoms with van der Waals surface area (Å²) in [7, 11) is 0. The van der Waals surface area contributed by atoms with Gasteiger partial charge in [-0.15, -0.1) is 0 Å². The van der Waals surface area contributed by atoms with Crippen molar-refractivity contribution in [2.45, 2.75) is 12.8 Å². The first kappa shape index (κ1) is 15.5. The van der Waals surface area contributed by atoms with Crippen LogP contribution in [0.1, 0.15) is 18.4 Å². The number of nitrogens with zero attached hydrogens (tertiary/aromatic N) is 4. The van der Waals surface area contributed by atoms with Crippen LogP contribution in [-0.2, 0) is 9.53 Å². The van der Waals surface area contributed by atoms with Crippen molar-refractivity contribution >= 4 is 34.0 Å². The van der Waals surface area contributed by atoms with Crippen molar-refractivity contribution in [3.05, 3.63) is 10.7 Å². The number of nitriles is 1. The Morgan fingerprint density at radius 2 is 2.18 bits per heavy atom. The number of halogens is 1. The smallest absolute Gasteiger partial charge is 0.227 e. The fourth-order valence-electron chi connectivity index (χ4n) is 2.98. The Hall–Kier alpha value is -1.36. The van der Waals surface area contributed by atoms with Crippen molar-refractivity contribution in [2.75, 3.05) is 44.3 Å². The predicted molar refractivity (Wildman–Crippen MR) is 84.2 cm³/mol. The van der Waals surface area contributed by atoms with Gasteiger partial charge in [0.1, 0.15) is 16.6 Å². The SMILES string of the molecule is N#Cc1c(Cl)nsc1N1CCC[C@H](C(=O)N2CCOCC2)C1. The highest BCUT2D eigenvalue weighted by Gasteiger charge is 2.32. The quantitative estimate of drug-likeness (QED) is 0.820. The molecule has 0 aromatic carbocycles. The largest absolute Gasteiger partial charge is 0.378 e. The molecular weight excluding hydrogens is 324 g/mol. The maximum atomic E-state index is 12.6. The molecule has 1 aromatic rings. The van der Waals surface area contributed by atoms with Gasteiger partial charge in [-0.3, -0.25) is 4.79 Å². The topological polar surface area (TPSA) is 69.5 Å². The summed E-state index contributed by atoms with van der Waals surface area (Å²) in [4.78, 5) is 16.6. The average molecular weight is 341 g/mol. The summed E-state index contributed by atoms with van der Waals surface area (Å²) in [6, 6.07) is 2.11. The van der Waals surface area contributed by atoms with Crippen LogP contribution in [0.4, 0.5) is 5.00 Å². The zero-order valence-corrected chi connectivity index (χ0v) is 13.7. The number of rotatable bonds is 2. The molecule has 2 fully saturated rings. The van der Waals surface area contributed by atoms with Crippen molar-refractivity contribution in [3.8, 4) is 6.07 Å². The van der Waals surface area contributed by atoms with Crippen molar-refractivity contribution in [3.63, 3.8) is 0 Å². The first-order chi connectivity index (χ1) is 10.7. The zero-order chi connectivity index (χ0) is 15.5. The van der Waals surface area contributed by atoms with E-state index in [0.29, 0.717) is 38.4 Å². The van der Waals surface area contributed by atoms with Gasteiger partial charge in [0.2, 0.25) is 5.91 Å². The van der Waals surface area contributed by atoms with E-state index < -0.39 is 0 Å². The molecule has 0 spiro atoms. The molecule has 0 unspecified atom stereocenters. The highest BCUT2D eigenvalue weighted by atomic mass is 35.5. The van der Waals surface area contributed by atoms with Gasteiger partial charge in [0.15, 0.2) is 5.15 Å². The zero-order valence-electron chi connectivity index (χ0n) is 12.1. The monoisotopic (exact) mass is 340 g/mol. The van der Waals surface area contributed by atoms with Crippen molar-refractivity contribution in [1.29, 1.82) is 5.26 Å². The Labute approximate surface area is 138 Å². The summed E-state index contributed by atoms with van der Waals surface area (Å²) >= 11 is 7.18. The molecule has 8 heteroatoms. The molecule has 118 valence electrons. The highest BCUT2D eigenvalue weighted by molar-refractivity contribution is 7.10. The molecule has 1 atom stereocenters. The molecule has 0 radical (unpaired) electrons. The molecule has 0 aliphatic carbocycles. The Bertz CT molecular complexity index is 594. The summed E-state index contributed by atoms with van der Waals surface area (Å²) in [5.74, 6) is 0.168. The number of anilines is 1. The van der Waals surface area contributed by atoms with Crippen LogP contribution in [0.5, 0.6) is 0 Å². The number of piperidine rings is 1. The Balaban J connectivity index is 1.71. The van der Waals surface area contributed by atoms with E-state index in [9.17, 15) is 10.1 Å². The molecule has 1 aromatic heterocycles. The van der Waals surface area contributed by atoms with E-state index in [1.165, 1.54) is 11.5 Å². The lowest BCUT2D eigenvalue weighted by Crippen LogP contribution is -2.48. The van der Waals surface area contributed by atoms with E-state index in [1.54, 1.807) is 0 Å². The number of carbonyl (C=O) groups excluding carboxylic acids is 1. The molecule has 2 saturated heterocycles. The fourth-order valence-corrected chi connectivity index (χ4v) is 4.04. The van der Waals surface area contributed by atoms with Crippen LogP contribution in [0.3, 0.4) is 0 Å². The maximum Gasteiger partial charge on any atom is 0.227 e. The number of amides is 1. The standard InChI is InChI=1S/C14H17ClN4O2S/c15-12-11(8-16)14(22-17-12)19-3-1-2-10(9-19)13(20)18-4-6-21-7-5-18/h10H,1-7,9H2/t10-/m0/s1. The molecule has 6 nitrogen and oxygen atoms in total. The number of ether oxygens (including phenoxy) is 1. The number of morpholine rings is 1. The minimum atomic E-state index is -0.0285. The normalized spacial score (nSPS) is 22.5. The minimum absolute atomic E-state index is 0.0285. The average Bonchev–Trinajstić information content (AvgIpc) is 2.96. The van der Waals surface area contributed by atoms with Gasteiger partial charge in [0.25, 0.3) is 0 Å². The van der Waals surface area contributed by atoms with Gasteiger partial charge in [-0.2, -0.15) is 9.64 Å². The first-order valence-electron chi connectivity index (χ1n) is 7.37. The fraction of sp³-hybridized carbons (Fsp3) is 0.643. The van der Waals surface area contributed by atoms with E-state index in [1.807, 2.05) is 4.90 Å². The van der Waals surface area contributed by atoms with Crippen molar-refractivity contribution < 1.29 is 9.53 Å². The van der Waals surface area contributed by atoms with E-state index in [2.05, 4.69) is 15.3 Å². The molecule has 2 aliphatic heterocycles. The van der Waals surface area contributed by atoms with E-state index >= 15 is 0 Å². The highest BCUT2D eigenvalue weighted by Crippen LogP contribution is 2.34. The Morgan fingerprint density at radius 3 is 2.91 bits per heavy atom. The number of hydrogen-bond donors (Lipinski definition) is 0. The summed E-state index contributed by atoms with van der Waals surface area (Å²) in [6.07, 6.45) is 1.82. The van der Waals surface area contributed by atoms with Gasteiger partial charge in [-0.05, 0) is 24.4 Å². The molecule has 0 saturated carbocycles. The lowest BCUT2D eigenvalue weighted by atomic mass is 9.96. The van der Waals surface area contributed by atoms with Crippen LogP contribution in [0, 0.1) is 17.2 Å². The van der Waals surface area contributed by atoms with Gasteiger partial charge >= 0.3 is 0 Å². The Kier molecular flexibility index (Phi) is 4.81. The third-order valence-electron chi connectivity index (χ3n) is 4.12. The molecule has 0 N–H and O–H groups in total. The second-order valence-electron chi connectivity index (χ2n) is 5.49. The van der Waals surface area contributed by atoms with Gasteiger partial charge in [0, 0.05) is 26.2 Å². The lowest BCUT2D eigenvalue weighted by molar-refractivity contribution is -0.139. The van der Waals surface area contributed by atoms with Crippen LogP contribution in [-0.4, -0.2) is 54.6 Å². The second kappa shape index (κ2) is 6.82. The first-order valence-corrected chi connectivity index (χ1v) is 8.52. The summed E-state index contributed by atoms with van der Waals surface area (Å²) in [6.45, 7) is 4.04. The molecule has 3 rings (SSSR count). The molecule has 0 bridgehead atoms. The van der Waals surface area contributed by atoms with E-state index in [-0.39, 0.29) is 17.0 Å². The number of aromatic nitrogens is 1. The molecule has 22 heavy (non-hydrogen) atoms. The van der Waals surface area contributed by atoms with Crippen LogP contribution in [0.15, 0.2) is 0 Å². The van der Waals surface area contributed by atoms with Crippen LogP contribution < -0.4 is 4.90 Å².